The molecule has 1 aliphatic heterocycles. The first-order chi connectivity index (χ1) is 9.88. The molecule has 0 atom stereocenters. The Labute approximate surface area is 134 Å². The zero-order chi connectivity index (χ0) is 15.7. The number of unbranched alkanes of at least 4 members (excludes halogenated alkanes) is 1. The first kappa shape index (κ1) is 18.5. The van der Waals surface area contributed by atoms with Crippen LogP contribution in [0.1, 0.15) is 25.3 Å². The first-order valence-electron chi connectivity index (χ1n) is 6.51. The molecule has 1 aliphatic rings. The SMILES string of the molecule is CCCCc1ccc(N=C2SCCS2)cc1.O=S(=O)(O)O. The fourth-order valence-corrected chi connectivity index (χ4v) is 3.78. The summed E-state index contributed by atoms with van der Waals surface area (Å²) in [5.74, 6) is 2.41. The molecule has 1 fully saturated rings. The van der Waals surface area contributed by atoms with Gasteiger partial charge in [0.15, 0.2) is 0 Å². The number of nitrogens with zero attached hydrogens (tertiary/aromatic N) is 1. The van der Waals surface area contributed by atoms with E-state index in [1.54, 1.807) is 0 Å². The Hall–Kier alpha value is -0.540. The average Bonchev–Trinajstić information content (AvgIpc) is 2.89. The summed E-state index contributed by atoms with van der Waals surface area (Å²) in [6.45, 7) is 2.23. The van der Waals surface area contributed by atoms with Crippen molar-refractivity contribution in [3.05, 3.63) is 29.8 Å². The molecule has 21 heavy (non-hydrogen) atoms. The normalized spacial score (nSPS) is 14.5. The van der Waals surface area contributed by atoms with E-state index in [1.165, 1.54) is 40.7 Å². The van der Waals surface area contributed by atoms with Gasteiger partial charge in [0.25, 0.3) is 0 Å². The van der Waals surface area contributed by atoms with E-state index in [-0.39, 0.29) is 0 Å². The minimum absolute atomic E-state index is 1.09. The maximum atomic E-state index is 8.74. The Balaban J connectivity index is 0.000000383. The molecule has 5 nitrogen and oxygen atoms in total. The van der Waals surface area contributed by atoms with E-state index < -0.39 is 10.4 Å². The van der Waals surface area contributed by atoms with Gasteiger partial charge in [-0.25, -0.2) is 4.99 Å². The zero-order valence-corrected chi connectivity index (χ0v) is 14.2. The standard InChI is InChI=1S/C13H17NS2.H2O4S/c1-2-3-4-11-5-7-12(8-6-11)14-13-15-9-10-16-13;1-5(2,3)4/h5-8H,2-4,9-10H2,1H3;(H2,1,2,3,4). The van der Waals surface area contributed by atoms with Crippen LogP contribution in [0.15, 0.2) is 29.3 Å². The molecule has 1 aromatic rings. The fourth-order valence-electron chi connectivity index (χ4n) is 1.59. The summed E-state index contributed by atoms with van der Waals surface area (Å²) >= 11 is 3.74. The maximum absolute atomic E-state index is 8.74. The van der Waals surface area contributed by atoms with Gasteiger partial charge in [-0.05, 0) is 30.5 Å². The van der Waals surface area contributed by atoms with Crippen LogP contribution in [0.3, 0.4) is 0 Å². The van der Waals surface area contributed by atoms with Crippen LogP contribution >= 0.6 is 23.5 Å². The van der Waals surface area contributed by atoms with E-state index in [2.05, 4.69) is 36.2 Å². The summed E-state index contributed by atoms with van der Waals surface area (Å²) in [5, 5.41) is 0. The number of hydrogen-bond acceptors (Lipinski definition) is 5. The lowest BCUT2D eigenvalue weighted by Crippen LogP contribution is -1.89. The fraction of sp³-hybridized carbons (Fsp3) is 0.462. The molecule has 0 spiro atoms. The second-order valence-electron chi connectivity index (χ2n) is 4.29. The largest absolute Gasteiger partial charge is 0.394 e. The molecule has 0 amide bonds. The van der Waals surface area contributed by atoms with Crippen molar-refractivity contribution in [2.24, 2.45) is 4.99 Å². The van der Waals surface area contributed by atoms with Gasteiger partial charge in [0.1, 0.15) is 4.38 Å². The number of aryl methyl sites for hydroxylation is 1. The summed E-state index contributed by atoms with van der Waals surface area (Å²) in [7, 11) is -4.67. The number of benzene rings is 1. The van der Waals surface area contributed by atoms with Crippen LogP contribution in [0.4, 0.5) is 5.69 Å². The molecule has 0 radical (unpaired) electrons. The molecular formula is C13H19NO4S3. The number of rotatable bonds is 4. The number of aliphatic imine (C=N–C) groups is 1. The lowest BCUT2D eigenvalue weighted by atomic mass is 10.1. The smallest absolute Gasteiger partial charge is 0.264 e. The van der Waals surface area contributed by atoms with Crippen LogP contribution in [0.25, 0.3) is 0 Å². The molecule has 0 unspecified atom stereocenters. The summed E-state index contributed by atoms with van der Waals surface area (Å²) in [4.78, 5) is 4.62. The third kappa shape index (κ3) is 9.92. The second-order valence-corrected chi connectivity index (χ2v) is 7.61. The van der Waals surface area contributed by atoms with Crippen molar-refractivity contribution in [2.75, 3.05) is 11.5 Å². The van der Waals surface area contributed by atoms with Gasteiger partial charge >= 0.3 is 10.4 Å². The Morgan fingerprint density at radius 2 is 1.67 bits per heavy atom. The maximum Gasteiger partial charge on any atom is 0.394 e. The molecule has 8 heteroatoms. The monoisotopic (exact) mass is 349 g/mol. The van der Waals surface area contributed by atoms with Gasteiger partial charge in [-0.15, -0.1) is 0 Å². The third-order valence-corrected chi connectivity index (χ3v) is 4.97. The summed E-state index contributed by atoms with van der Waals surface area (Å²) in [5.41, 5.74) is 2.52. The molecule has 0 saturated carbocycles. The molecular weight excluding hydrogens is 330 g/mol. The average molecular weight is 349 g/mol. The molecule has 2 rings (SSSR count). The summed E-state index contributed by atoms with van der Waals surface area (Å²) < 4.78 is 32.8. The van der Waals surface area contributed by atoms with Crippen molar-refractivity contribution >= 4 is 44.0 Å². The third-order valence-electron chi connectivity index (χ3n) is 2.51. The van der Waals surface area contributed by atoms with Crippen molar-refractivity contribution in [3.63, 3.8) is 0 Å². The minimum Gasteiger partial charge on any atom is -0.264 e. The van der Waals surface area contributed by atoms with E-state index in [0.29, 0.717) is 0 Å². The predicted molar refractivity (Wildman–Crippen MR) is 91.2 cm³/mol. The van der Waals surface area contributed by atoms with Gasteiger partial charge in [-0.2, -0.15) is 8.42 Å². The molecule has 0 aliphatic carbocycles. The van der Waals surface area contributed by atoms with Crippen molar-refractivity contribution in [1.82, 2.24) is 0 Å². The van der Waals surface area contributed by atoms with Gasteiger partial charge in [-0.3, -0.25) is 9.11 Å². The number of thioether (sulfide) groups is 2. The van der Waals surface area contributed by atoms with E-state index in [9.17, 15) is 0 Å². The Morgan fingerprint density at radius 1 is 1.14 bits per heavy atom. The zero-order valence-electron chi connectivity index (χ0n) is 11.7. The molecule has 118 valence electrons. The quantitative estimate of drug-likeness (QED) is 0.803. The van der Waals surface area contributed by atoms with Crippen molar-refractivity contribution < 1.29 is 17.5 Å². The first-order valence-corrected chi connectivity index (χ1v) is 9.88. The van der Waals surface area contributed by atoms with Gasteiger partial charge in [0, 0.05) is 11.5 Å². The van der Waals surface area contributed by atoms with E-state index in [1.807, 2.05) is 23.5 Å². The van der Waals surface area contributed by atoms with Gasteiger partial charge in [0.2, 0.25) is 0 Å². The van der Waals surface area contributed by atoms with E-state index in [0.717, 1.165) is 5.69 Å². The Kier molecular flexibility index (Phi) is 8.35. The van der Waals surface area contributed by atoms with Gasteiger partial charge in [0.05, 0.1) is 5.69 Å². The molecule has 0 aromatic heterocycles. The molecule has 1 aromatic carbocycles. The minimum atomic E-state index is -4.67. The summed E-state index contributed by atoms with van der Waals surface area (Å²) in [6.07, 6.45) is 3.73. The van der Waals surface area contributed by atoms with Crippen molar-refractivity contribution in [2.45, 2.75) is 26.2 Å². The van der Waals surface area contributed by atoms with Crippen molar-refractivity contribution in [1.29, 1.82) is 0 Å². The molecule has 2 N–H and O–H groups in total. The van der Waals surface area contributed by atoms with Crippen molar-refractivity contribution in [3.8, 4) is 0 Å². The van der Waals surface area contributed by atoms with E-state index >= 15 is 0 Å². The van der Waals surface area contributed by atoms with Crippen LogP contribution < -0.4 is 0 Å². The van der Waals surface area contributed by atoms with Crippen LogP contribution in [0.5, 0.6) is 0 Å². The lowest BCUT2D eigenvalue weighted by Gasteiger charge is -2.00. The Morgan fingerprint density at radius 3 is 2.14 bits per heavy atom. The van der Waals surface area contributed by atoms with E-state index in [4.69, 9.17) is 17.5 Å². The second kappa shape index (κ2) is 9.47. The highest BCUT2D eigenvalue weighted by Crippen LogP contribution is 2.29. The van der Waals surface area contributed by atoms with Crippen LogP contribution in [-0.2, 0) is 16.8 Å². The molecule has 1 saturated heterocycles. The van der Waals surface area contributed by atoms with Gasteiger partial charge in [-0.1, -0.05) is 49.0 Å². The topological polar surface area (TPSA) is 87.0 Å². The lowest BCUT2D eigenvalue weighted by molar-refractivity contribution is 0.381. The van der Waals surface area contributed by atoms with Gasteiger partial charge < -0.3 is 0 Å². The highest BCUT2D eigenvalue weighted by Gasteiger charge is 2.09. The molecule has 1 heterocycles. The van der Waals surface area contributed by atoms with Crippen LogP contribution in [0.2, 0.25) is 0 Å². The van der Waals surface area contributed by atoms with Crippen LogP contribution in [0, 0.1) is 0 Å². The predicted octanol–water partition coefficient (Wildman–Crippen LogP) is 3.84. The highest BCUT2D eigenvalue weighted by atomic mass is 32.3. The number of hydrogen-bond donors (Lipinski definition) is 2. The molecule has 0 bridgehead atoms. The highest BCUT2D eigenvalue weighted by molar-refractivity contribution is 8.41. The van der Waals surface area contributed by atoms with Crippen LogP contribution in [-0.4, -0.2) is 33.4 Å². The Bertz CT molecular complexity index is 539. The summed E-state index contributed by atoms with van der Waals surface area (Å²) in [6, 6.07) is 8.69.